The number of nitrogen functional groups attached to an aromatic ring is 1. The monoisotopic (exact) mass is 254 g/mol. The predicted octanol–water partition coefficient (Wildman–Crippen LogP) is -0.0630. The lowest BCUT2D eigenvalue weighted by Crippen LogP contribution is -2.48. The summed E-state index contributed by atoms with van der Waals surface area (Å²) in [5.74, 6) is 0. The minimum Gasteiger partial charge on any atom is -0.396 e. The highest BCUT2D eigenvalue weighted by Crippen LogP contribution is 2.11. The number of nitrogens with zero attached hydrogens (tertiary/aromatic N) is 3. The van der Waals surface area contributed by atoms with Crippen LogP contribution < -0.4 is 5.73 Å². The van der Waals surface area contributed by atoms with Crippen molar-refractivity contribution in [3.8, 4) is 0 Å². The number of hydrogen-bond acceptors (Lipinski definition) is 5. The maximum atomic E-state index is 10.1. The van der Waals surface area contributed by atoms with Crippen LogP contribution in [0.1, 0.15) is 13.3 Å². The third-order valence-corrected chi connectivity index (χ3v) is 3.32. The van der Waals surface area contributed by atoms with Crippen molar-refractivity contribution in [2.45, 2.75) is 32.0 Å². The first kappa shape index (κ1) is 13.3. The molecule has 6 nitrogen and oxygen atoms in total. The highest BCUT2D eigenvalue weighted by molar-refractivity contribution is 5.30. The van der Waals surface area contributed by atoms with E-state index in [1.54, 1.807) is 17.1 Å². The van der Waals surface area contributed by atoms with E-state index in [9.17, 15) is 5.11 Å². The summed E-state index contributed by atoms with van der Waals surface area (Å²) in [6.45, 7) is 5.67. The number of morpholine rings is 1. The lowest BCUT2D eigenvalue weighted by molar-refractivity contribution is -0.0298. The second-order valence-electron chi connectivity index (χ2n) is 4.78. The Morgan fingerprint density at radius 1 is 1.61 bits per heavy atom. The van der Waals surface area contributed by atoms with Crippen LogP contribution in [-0.4, -0.2) is 58.2 Å². The van der Waals surface area contributed by atoms with Gasteiger partial charge in [-0.3, -0.25) is 9.58 Å². The van der Waals surface area contributed by atoms with E-state index in [-0.39, 0.29) is 0 Å². The van der Waals surface area contributed by atoms with E-state index < -0.39 is 6.10 Å². The lowest BCUT2D eigenvalue weighted by Gasteiger charge is -2.36. The molecule has 0 amide bonds. The molecule has 3 N–H and O–H groups in total. The van der Waals surface area contributed by atoms with Gasteiger partial charge in [-0.05, 0) is 6.42 Å². The fraction of sp³-hybridized carbons (Fsp3) is 0.750. The molecule has 6 heteroatoms. The van der Waals surface area contributed by atoms with E-state index in [0.29, 0.717) is 24.8 Å². The lowest BCUT2D eigenvalue weighted by atomic mass is 10.1. The predicted molar refractivity (Wildman–Crippen MR) is 69.1 cm³/mol. The molecule has 2 rings (SSSR count). The van der Waals surface area contributed by atoms with Crippen LogP contribution in [0, 0.1) is 0 Å². The van der Waals surface area contributed by atoms with E-state index >= 15 is 0 Å². The molecule has 0 aromatic carbocycles. The van der Waals surface area contributed by atoms with Gasteiger partial charge in [-0.1, -0.05) is 6.92 Å². The zero-order valence-electron chi connectivity index (χ0n) is 10.8. The summed E-state index contributed by atoms with van der Waals surface area (Å²) in [6, 6.07) is 0.413. The molecule has 1 aliphatic heterocycles. The van der Waals surface area contributed by atoms with Crippen LogP contribution in [0.3, 0.4) is 0 Å². The number of hydrogen-bond donors (Lipinski definition) is 2. The van der Waals surface area contributed by atoms with Gasteiger partial charge in [-0.2, -0.15) is 5.10 Å². The fourth-order valence-corrected chi connectivity index (χ4v) is 2.33. The van der Waals surface area contributed by atoms with Crippen LogP contribution in [-0.2, 0) is 11.3 Å². The van der Waals surface area contributed by atoms with Gasteiger partial charge in [0.2, 0.25) is 0 Å². The van der Waals surface area contributed by atoms with Crippen molar-refractivity contribution in [2.24, 2.45) is 0 Å². The minimum atomic E-state index is -0.434. The summed E-state index contributed by atoms with van der Waals surface area (Å²) in [4.78, 5) is 2.29. The van der Waals surface area contributed by atoms with E-state index in [2.05, 4.69) is 16.9 Å². The van der Waals surface area contributed by atoms with E-state index in [4.69, 9.17) is 10.5 Å². The summed E-state index contributed by atoms with van der Waals surface area (Å²) in [7, 11) is 0. The fourth-order valence-electron chi connectivity index (χ4n) is 2.33. The van der Waals surface area contributed by atoms with Gasteiger partial charge in [-0.25, -0.2) is 0 Å². The van der Waals surface area contributed by atoms with Gasteiger partial charge in [0.05, 0.1) is 37.7 Å². The molecule has 0 spiro atoms. The first-order valence-electron chi connectivity index (χ1n) is 6.46. The SMILES string of the molecule is CCC1COCCN1CC(O)Cn1cc(N)cn1. The summed E-state index contributed by atoms with van der Waals surface area (Å²) in [6.07, 6.45) is 3.94. The molecule has 0 saturated carbocycles. The van der Waals surface area contributed by atoms with Crippen LogP contribution in [0.15, 0.2) is 12.4 Å². The van der Waals surface area contributed by atoms with Crippen molar-refractivity contribution in [1.29, 1.82) is 0 Å². The number of nitrogens with two attached hydrogens (primary N) is 1. The quantitative estimate of drug-likeness (QED) is 0.769. The zero-order chi connectivity index (χ0) is 13.0. The first-order valence-corrected chi connectivity index (χ1v) is 6.46. The summed E-state index contributed by atoms with van der Waals surface area (Å²) in [5.41, 5.74) is 6.22. The highest BCUT2D eigenvalue weighted by Gasteiger charge is 2.23. The number of anilines is 1. The Morgan fingerprint density at radius 3 is 3.11 bits per heavy atom. The van der Waals surface area contributed by atoms with Gasteiger partial charge in [-0.15, -0.1) is 0 Å². The van der Waals surface area contributed by atoms with Crippen LogP contribution >= 0.6 is 0 Å². The standard InChI is InChI=1S/C12H22N4O2/c1-2-11-9-18-4-3-15(11)7-12(17)8-16-6-10(13)5-14-16/h5-6,11-12,17H,2-4,7-9,13H2,1H3. The average Bonchev–Trinajstić information content (AvgIpc) is 2.75. The second-order valence-corrected chi connectivity index (χ2v) is 4.78. The van der Waals surface area contributed by atoms with Crippen molar-refractivity contribution in [2.75, 3.05) is 32.0 Å². The molecule has 1 saturated heterocycles. The van der Waals surface area contributed by atoms with E-state index in [1.165, 1.54) is 0 Å². The summed E-state index contributed by atoms with van der Waals surface area (Å²) >= 11 is 0. The number of ether oxygens (including phenoxy) is 1. The molecule has 1 fully saturated rings. The summed E-state index contributed by atoms with van der Waals surface area (Å²) in [5, 5.41) is 14.2. The van der Waals surface area contributed by atoms with Crippen molar-refractivity contribution < 1.29 is 9.84 Å². The Bertz CT molecular complexity index is 369. The molecule has 2 heterocycles. The molecule has 18 heavy (non-hydrogen) atoms. The Hall–Kier alpha value is -1.11. The maximum Gasteiger partial charge on any atom is 0.0862 e. The molecule has 0 radical (unpaired) electrons. The molecule has 2 unspecified atom stereocenters. The highest BCUT2D eigenvalue weighted by atomic mass is 16.5. The molecule has 1 aliphatic rings. The van der Waals surface area contributed by atoms with E-state index in [0.717, 1.165) is 26.2 Å². The minimum absolute atomic E-state index is 0.413. The molecule has 1 aromatic rings. The van der Waals surface area contributed by atoms with Gasteiger partial charge >= 0.3 is 0 Å². The molecule has 0 aliphatic carbocycles. The zero-order valence-corrected chi connectivity index (χ0v) is 10.8. The number of aliphatic hydroxyl groups is 1. The molecular weight excluding hydrogens is 232 g/mol. The van der Waals surface area contributed by atoms with Gasteiger partial charge in [0.25, 0.3) is 0 Å². The largest absolute Gasteiger partial charge is 0.396 e. The van der Waals surface area contributed by atoms with Crippen LogP contribution in [0.2, 0.25) is 0 Å². The Balaban J connectivity index is 1.84. The second kappa shape index (κ2) is 6.17. The Kier molecular flexibility index (Phi) is 4.57. The first-order chi connectivity index (χ1) is 8.69. The molecule has 1 aromatic heterocycles. The summed E-state index contributed by atoms with van der Waals surface area (Å²) < 4.78 is 7.13. The van der Waals surface area contributed by atoms with Crippen molar-refractivity contribution in [3.63, 3.8) is 0 Å². The third-order valence-electron chi connectivity index (χ3n) is 3.32. The van der Waals surface area contributed by atoms with Crippen molar-refractivity contribution in [3.05, 3.63) is 12.4 Å². The van der Waals surface area contributed by atoms with Gasteiger partial charge in [0.15, 0.2) is 0 Å². The number of aliphatic hydroxyl groups excluding tert-OH is 1. The Labute approximate surface area is 107 Å². The van der Waals surface area contributed by atoms with E-state index in [1.807, 2.05) is 0 Å². The molecule has 0 bridgehead atoms. The van der Waals surface area contributed by atoms with Crippen LogP contribution in [0.5, 0.6) is 0 Å². The maximum absolute atomic E-state index is 10.1. The smallest absolute Gasteiger partial charge is 0.0862 e. The van der Waals surface area contributed by atoms with Gasteiger partial charge < -0.3 is 15.6 Å². The number of rotatable bonds is 5. The van der Waals surface area contributed by atoms with Gasteiger partial charge in [0.1, 0.15) is 0 Å². The number of aromatic nitrogens is 2. The van der Waals surface area contributed by atoms with Crippen LogP contribution in [0.4, 0.5) is 5.69 Å². The Morgan fingerprint density at radius 2 is 2.44 bits per heavy atom. The van der Waals surface area contributed by atoms with Gasteiger partial charge in [0, 0.05) is 25.3 Å². The average molecular weight is 254 g/mol. The topological polar surface area (TPSA) is 76.5 Å². The molecule has 2 atom stereocenters. The van der Waals surface area contributed by atoms with Crippen molar-refractivity contribution >= 4 is 5.69 Å². The number of β-amino-alcohol motifs (C(OH)–C–C–N with tert-alkyl or cyclic N) is 1. The molecule has 102 valence electrons. The third kappa shape index (κ3) is 3.44. The molecular formula is C12H22N4O2. The normalized spacial score (nSPS) is 23.1. The van der Waals surface area contributed by atoms with Crippen LogP contribution in [0.25, 0.3) is 0 Å². The van der Waals surface area contributed by atoms with Crippen molar-refractivity contribution in [1.82, 2.24) is 14.7 Å².